The van der Waals surface area contributed by atoms with E-state index in [0.29, 0.717) is 36.5 Å². The summed E-state index contributed by atoms with van der Waals surface area (Å²) in [6.45, 7) is 0.313. The topological polar surface area (TPSA) is 66.8 Å². The van der Waals surface area contributed by atoms with E-state index in [2.05, 4.69) is 0 Å². The largest absolute Gasteiger partial charge is 0.481 e. The van der Waals surface area contributed by atoms with Gasteiger partial charge < -0.3 is 14.7 Å². The molecule has 0 atom stereocenters. The van der Waals surface area contributed by atoms with Gasteiger partial charge in [0.15, 0.2) is 0 Å². The van der Waals surface area contributed by atoms with Gasteiger partial charge in [-0.2, -0.15) is 13.2 Å². The molecule has 0 aromatic heterocycles. The summed E-state index contributed by atoms with van der Waals surface area (Å²) in [5.41, 5.74) is -0.462. The number of nitrogens with zero attached hydrogens (tertiary/aromatic N) is 1. The molecule has 0 aliphatic carbocycles. The first-order valence-electron chi connectivity index (χ1n) is 6.64. The number of alkyl halides is 3. The third kappa shape index (κ3) is 3.04. The Kier molecular flexibility index (Phi) is 4.27. The predicted octanol–water partition coefficient (Wildman–Crippen LogP) is 1.59. The van der Waals surface area contributed by atoms with Crippen LogP contribution in [-0.2, 0) is 14.3 Å². The molecule has 2 heterocycles. The van der Waals surface area contributed by atoms with Crippen molar-refractivity contribution >= 4 is 11.9 Å². The average molecular weight is 307 g/mol. The Labute approximate surface area is 119 Å². The highest BCUT2D eigenvalue weighted by Gasteiger charge is 2.46. The van der Waals surface area contributed by atoms with Crippen LogP contribution in [0.15, 0.2) is 11.6 Å². The minimum atomic E-state index is -4.89. The second kappa shape index (κ2) is 5.67. The second-order valence-electron chi connectivity index (χ2n) is 5.23. The zero-order valence-electron chi connectivity index (χ0n) is 11.3. The first-order chi connectivity index (χ1) is 9.77. The third-order valence-electron chi connectivity index (χ3n) is 4.11. The highest BCUT2D eigenvalue weighted by atomic mass is 19.4. The minimum Gasteiger partial charge on any atom is -0.481 e. The fraction of sp³-hybridized carbons (Fsp3) is 0.692. The summed E-state index contributed by atoms with van der Waals surface area (Å²) in [6, 6.07) is 0. The molecular weight excluding hydrogens is 291 g/mol. The first-order valence-corrected chi connectivity index (χ1v) is 6.64. The van der Waals surface area contributed by atoms with Gasteiger partial charge >= 0.3 is 18.1 Å². The summed E-state index contributed by atoms with van der Waals surface area (Å²) in [5.74, 6) is -2.86. The van der Waals surface area contributed by atoms with E-state index in [9.17, 15) is 27.9 Å². The molecule has 118 valence electrons. The fourth-order valence-electron chi connectivity index (χ4n) is 2.86. The van der Waals surface area contributed by atoms with Gasteiger partial charge in [0.05, 0.1) is 5.41 Å². The number of halogens is 3. The van der Waals surface area contributed by atoms with E-state index in [-0.39, 0.29) is 19.5 Å². The molecule has 2 rings (SSSR count). The maximum absolute atomic E-state index is 12.4. The van der Waals surface area contributed by atoms with Gasteiger partial charge in [-0.25, -0.2) is 0 Å². The smallest absolute Gasteiger partial charge is 0.471 e. The lowest BCUT2D eigenvalue weighted by molar-refractivity contribution is -0.185. The molecule has 2 aliphatic heterocycles. The van der Waals surface area contributed by atoms with Crippen molar-refractivity contribution in [2.75, 3.05) is 26.3 Å². The summed E-state index contributed by atoms with van der Waals surface area (Å²) in [7, 11) is 0. The predicted molar refractivity (Wildman–Crippen MR) is 65.5 cm³/mol. The lowest BCUT2D eigenvalue weighted by Gasteiger charge is -2.38. The molecule has 1 amide bonds. The van der Waals surface area contributed by atoms with Gasteiger partial charge in [-0.05, 0) is 19.3 Å². The zero-order valence-corrected chi connectivity index (χ0v) is 11.3. The van der Waals surface area contributed by atoms with E-state index >= 15 is 0 Å². The number of ether oxygens (including phenoxy) is 1. The summed E-state index contributed by atoms with van der Waals surface area (Å²) >= 11 is 0. The van der Waals surface area contributed by atoms with E-state index in [1.807, 2.05) is 0 Å². The molecule has 1 saturated heterocycles. The molecule has 21 heavy (non-hydrogen) atoms. The van der Waals surface area contributed by atoms with E-state index in [1.165, 1.54) is 6.08 Å². The molecule has 0 radical (unpaired) electrons. The Hall–Kier alpha value is -1.57. The zero-order chi connectivity index (χ0) is 15.7. The number of carbonyl (C=O) groups is 2. The van der Waals surface area contributed by atoms with Gasteiger partial charge in [0.1, 0.15) is 0 Å². The molecule has 1 fully saturated rings. The van der Waals surface area contributed by atoms with Crippen LogP contribution in [-0.4, -0.2) is 54.4 Å². The van der Waals surface area contributed by atoms with Gasteiger partial charge in [-0.3, -0.25) is 9.59 Å². The molecule has 0 aromatic rings. The molecule has 2 aliphatic rings. The van der Waals surface area contributed by atoms with Crippen LogP contribution in [0.25, 0.3) is 0 Å². The standard InChI is InChI=1S/C13H16F3NO4/c14-13(15,16)10(18)17-5-1-9(2-6-17)12(11(19)20)3-7-21-8-4-12/h1H,2-8H2,(H,19,20). The highest BCUT2D eigenvalue weighted by Crippen LogP contribution is 2.41. The van der Waals surface area contributed by atoms with Gasteiger partial charge in [-0.1, -0.05) is 11.6 Å². The summed E-state index contributed by atoms with van der Waals surface area (Å²) < 4.78 is 42.3. The molecule has 1 N–H and O–H groups in total. The van der Waals surface area contributed by atoms with E-state index in [1.54, 1.807) is 0 Å². The average Bonchev–Trinajstić information content (AvgIpc) is 2.46. The number of carboxylic acid groups (broad SMARTS) is 1. The maximum atomic E-state index is 12.4. The van der Waals surface area contributed by atoms with Crippen molar-refractivity contribution < 1.29 is 32.6 Å². The third-order valence-corrected chi connectivity index (χ3v) is 4.11. The number of amides is 1. The summed E-state index contributed by atoms with van der Waals surface area (Å²) in [5, 5.41) is 9.49. The highest BCUT2D eigenvalue weighted by molar-refractivity contribution is 5.83. The lowest BCUT2D eigenvalue weighted by Crippen LogP contribution is -2.46. The van der Waals surface area contributed by atoms with Gasteiger partial charge in [-0.15, -0.1) is 0 Å². The molecule has 0 bridgehead atoms. The van der Waals surface area contributed by atoms with Crippen molar-refractivity contribution in [2.45, 2.75) is 25.4 Å². The van der Waals surface area contributed by atoms with Crippen molar-refractivity contribution in [3.8, 4) is 0 Å². The van der Waals surface area contributed by atoms with E-state index < -0.39 is 23.5 Å². The molecule has 8 heteroatoms. The number of aliphatic carboxylic acids is 1. The molecule has 0 unspecified atom stereocenters. The Bertz CT molecular complexity index is 467. The molecule has 0 saturated carbocycles. The van der Waals surface area contributed by atoms with Crippen LogP contribution in [0.1, 0.15) is 19.3 Å². The van der Waals surface area contributed by atoms with Crippen LogP contribution in [0.5, 0.6) is 0 Å². The monoisotopic (exact) mass is 307 g/mol. The van der Waals surface area contributed by atoms with Gasteiger partial charge in [0.2, 0.25) is 0 Å². The fourth-order valence-corrected chi connectivity index (χ4v) is 2.86. The lowest BCUT2D eigenvalue weighted by atomic mass is 9.71. The van der Waals surface area contributed by atoms with Crippen molar-refractivity contribution in [3.05, 3.63) is 11.6 Å². The SMILES string of the molecule is O=C(N1CC=C(C2(C(=O)O)CCOCC2)CC1)C(F)(F)F. The van der Waals surface area contributed by atoms with Crippen LogP contribution in [0.2, 0.25) is 0 Å². The molecule has 0 spiro atoms. The van der Waals surface area contributed by atoms with Crippen LogP contribution in [0.3, 0.4) is 0 Å². The van der Waals surface area contributed by atoms with Crippen LogP contribution in [0, 0.1) is 5.41 Å². The summed E-state index contributed by atoms with van der Waals surface area (Å²) in [4.78, 5) is 23.4. The summed E-state index contributed by atoms with van der Waals surface area (Å²) in [6.07, 6.45) is -2.68. The van der Waals surface area contributed by atoms with Crippen molar-refractivity contribution in [2.24, 2.45) is 5.41 Å². The Balaban J connectivity index is 2.14. The normalized spacial score (nSPS) is 22.6. The number of carbonyl (C=O) groups excluding carboxylic acids is 1. The van der Waals surface area contributed by atoms with Gasteiger partial charge in [0, 0.05) is 26.3 Å². The second-order valence-corrected chi connectivity index (χ2v) is 5.23. The van der Waals surface area contributed by atoms with Crippen LogP contribution >= 0.6 is 0 Å². The van der Waals surface area contributed by atoms with Crippen LogP contribution < -0.4 is 0 Å². The Morgan fingerprint density at radius 2 is 1.90 bits per heavy atom. The van der Waals surface area contributed by atoms with Crippen molar-refractivity contribution in [1.82, 2.24) is 4.90 Å². The molecule has 0 aromatic carbocycles. The number of hydrogen-bond acceptors (Lipinski definition) is 3. The van der Waals surface area contributed by atoms with E-state index in [4.69, 9.17) is 4.74 Å². The molecule has 5 nitrogen and oxygen atoms in total. The molecular formula is C13H16F3NO4. The Morgan fingerprint density at radius 1 is 1.29 bits per heavy atom. The number of rotatable bonds is 2. The van der Waals surface area contributed by atoms with Crippen molar-refractivity contribution in [3.63, 3.8) is 0 Å². The quantitative estimate of drug-likeness (QED) is 0.787. The van der Waals surface area contributed by atoms with Crippen LogP contribution in [0.4, 0.5) is 13.2 Å². The van der Waals surface area contributed by atoms with Crippen molar-refractivity contribution in [1.29, 1.82) is 0 Å². The van der Waals surface area contributed by atoms with E-state index in [0.717, 1.165) is 0 Å². The van der Waals surface area contributed by atoms with Gasteiger partial charge in [0.25, 0.3) is 0 Å². The Morgan fingerprint density at radius 3 is 2.33 bits per heavy atom. The first kappa shape index (κ1) is 15.8. The number of carboxylic acids is 1. The maximum Gasteiger partial charge on any atom is 0.471 e. The number of hydrogen-bond donors (Lipinski definition) is 1. The minimum absolute atomic E-state index is 0.111.